The van der Waals surface area contributed by atoms with Crippen molar-refractivity contribution in [1.29, 1.82) is 0 Å². The lowest BCUT2D eigenvalue weighted by Gasteiger charge is -2.07. The second-order valence-electron chi connectivity index (χ2n) is 5.28. The first kappa shape index (κ1) is 16.0. The molecule has 0 saturated heterocycles. The number of aromatic amines is 1. The molecule has 7 heteroatoms. The fourth-order valence-electron chi connectivity index (χ4n) is 2.39. The SMILES string of the molecule is Cc1nc2ccc(CCNS(=O)(=O)c3cccc(Cl)c3)cc2[nH]1. The molecule has 5 nitrogen and oxygen atoms in total. The van der Waals surface area contributed by atoms with Crippen LogP contribution in [-0.2, 0) is 16.4 Å². The maximum atomic E-state index is 12.2. The highest BCUT2D eigenvalue weighted by atomic mass is 35.5. The molecule has 3 aromatic rings. The van der Waals surface area contributed by atoms with Gasteiger partial charge < -0.3 is 4.98 Å². The molecule has 0 aliphatic heterocycles. The molecule has 0 amide bonds. The molecule has 0 aliphatic carbocycles. The molecule has 0 fully saturated rings. The van der Waals surface area contributed by atoms with Crippen LogP contribution in [0.5, 0.6) is 0 Å². The number of sulfonamides is 1. The highest BCUT2D eigenvalue weighted by Gasteiger charge is 2.13. The molecule has 2 N–H and O–H groups in total. The molecule has 0 bridgehead atoms. The lowest BCUT2D eigenvalue weighted by molar-refractivity contribution is 0.581. The van der Waals surface area contributed by atoms with E-state index in [-0.39, 0.29) is 4.90 Å². The molecule has 1 aromatic heterocycles. The van der Waals surface area contributed by atoms with Crippen LogP contribution >= 0.6 is 11.6 Å². The molecular weight excluding hydrogens is 334 g/mol. The van der Waals surface area contributed by atoms with Gasteiger partial charge in [-0.2, -0.15) is 0 Å². The van der Waals surface area contributed by atoms with Crippen LogP contribution < -0.4 is 4.72 Å². The highest BCUT2D eigenvalue weighted by Crippen LogP contribution is 2.16. The van der Waals surface area contributed by atoms with E-state index in [4.69, 9.17) is 11.6 Å². The van der Waals surface area contributed by atoms with E-state index >= 15 is 0 Å². The van der Waals surface area contributed by atoms with Crippen LogP contribution in [0.15, 0.2) is 47.4 Å². The molecule has 3 rings (SSSR count). The minimum atomic E-state index is -3.55. The Morgan fingerprint density at radius 3 is 2.83 bits per heavy atom. The van der Waals surface area contributed by atoms with E-state index in [0.29, 0.717) is 18.0 Å². The largest absolute Gasteiger partial charge is 0.342 e. The Balaban J connectivity index is 1.68. The molecule has 0 atom stereocenters. The van der Waals surface area contributed by atoms with Gasteiger partial charge in [0.1, 0.15) is 5.82 Å². The molecule has 120 valence electrons. The predicted molar refractivity (Wildman–Crippen MR) is 91.2 cm³/mol. The van der Waals surface area contributed by atoms with Crippen LogP contribution in [0.25, 0.3) is 11.0 Å². The standard InChI is InChI=1S/C16H16ClN3O2S/c1-11-19-15-6-5-12(9-16(15)20-11)7-8-18-23(21,22)14-4-2-3-13(17)10-14/h2-6,9-10,18H,7-8H2,1H3,(H,19,20). The number of benzene rings is 2. The van der Waals surface area contributed by atoms with Crippen LogP contribution in [0.4, 0.5) is 0 Å². The first-order valence-electron chi connectivity index (χ1n) is 7.14. The summed E-state index contributed by atoms with van der Waals surface area (Å²) in [6.07, 6.45) is 0.591. The molecule has 23 heavy (non-hydrogen) atoms. The predicted octanol–water partition coefficient (Wildman–Crippen LogP) is 3.05. The van der Waals surface area contributed by atoms with Gasteiger partial charge in [-0.05, 0) is 49.2 Å². The molecule has 0 aliphatic rings. The van der Waals surface area contributed by atoms with Gasteiger partial charge in [0.15, 0.2) is 0 Å². The number of H-pyrrole nitrogens is 1. The second-order valence-corrected chi connectivity index (χ2v) is 7.48. The quantitative estimate of drug-likeness (QED) is 0.743. The van der Waals surface area contributed by atoms with Crippen molar-refractivity contribution in [3.8, 4) is 0 Å². The van der Waals surface area contributed by atoms with Crippen molar-refractivity contribution in [2.24, 2.45) is 0 Å². The summed E-state index contributed by atoms with van der Waals surface area (Å²) < 4.78 is 27.0. The van der Waals surface area contributed by atoms with E-state index in [1.807, 2.05) is 25.1 Å². The van der Waals surface area contributed by atoms with Crippen molar-refractivity contribution in [3.05, 3.63) is 58.9 Å². The first-order chi connectivity index (χ1) is 10.9. The van der Waals surface area contributed by atoms with Crippen molar-refractivity contribution in [1.82, 2.24) is 14.7 Å². The number of hydrogen-bond acceptors (Lipinski definition) is 3. The van der Waals surface area contributed by atoms with Crippen LogP contribution in [0, 0.1) is 6.92 Å². The van der Waals surface area contributed by atoms with E-state index in [1.54, 1.807) is 12.1 Å². The number of aryl methyl sites for hydroxylation is 1. The van der Waals surface area contributed by atoms with Gasteiger partial charge in [-0.15, -0.1) is 0 Å². The Bertz CT molecular complexity index is 951. The number of hydrogen-bond donors (Lipinski definition) is 2. The number of nitrogens with one attached hydrogen (secondary N) is 2. The van der Waals surface area contributed by atoms with Gasteiger partial charge in [0.25, 0.3) is 0 Å². The minimum absolute atomic E-state index is 0.171. The van der Waals surface area contributed by atoms with E-state index in [9.17, 15) is 8.42 Å². The zero-order valence-corrected chi connectivity index (χ0v) is 14.1. The monoisotopic (exact) mass is 349 g/mol. The molecular formula is C16H16ClN3O2S. The number of imidazole rings is 1. The summed E-state index contributed by atoms with van der Waals surface area (Å²) in [7, 11) is -3.55. The van der Waals surface area contributed by atoms with Crippen LogP contribution in [-0.4, -0.2) is 24.9 Å². The lowest BCUT2D eigenvalue weighted by Crippen LogP contribution is -2.26. The third-order valence-electron chi connectivity index (χ3n) is 3.48. The summed E-state index contributed by atoms with van der Waals surface area (Å²) in [6.45, 7) is 2.21. The topological polar surface area (TPSA) is 74.8 Å². The van der Waals surface area contributed by atoms with E-state index < -0.39 is 10.0 Å². The van der Waals surface area contributed by atoms with Crippen LogP contribution in [0.1, 0.15) is 11.4 Å². The first-order valence-corrected chi connectivity index (χ1v) is 9.01. The zero-order chi connectivity index (χ0) is 16.4. The van der Waals surface area contributed by atoms with Crippen molar-refractivity contribution < 1.29 is 8.42 Å². The Morgan fingerprint density at radius 2 is 2.04 bits per heavy atom. The maximum absolute atomic E-state index is 12.2. The molecule has 0 radical (unpaired) electrons. The van der Waals surface area contributed by atoms with Crippen molar-refractivity contribution in [2.75, 3.05) is 6.54 Å². The normalized spacial score (nSPS) is 11.9. The van der Waals surface area contributed by atoms with Gasteiger partial charge in [-0.25, -0.2) is 18.1 Å². The molecule has 0 spiro atoms. The Hall–Kier alpha value is -1.89. The third-order valence-corrected chi connectivity index (χ3v) is 5.17. The fourth-order valence-corrected chi connectivity index (χ4v) is 3.72. The minimum Gasteiger partial charge on any atom is -0.342 e. The van der Waals surface area contributed by atoms with Crippen LogP contribution in [0.3, 0.4) is 0 Å². The summed E-state index contributed by atoms with van der Waals surface area (Å²) in [5, 5.41) is 0.396. The molecule has 1 heterocycles. The van der Waals surface area contributed by atoms with Gasteiger partial charge in [0.2, 0.25) is 10.0 Å². The van der Waals surface area contributed by atoms with Gasteiger partial charge >= 0.3 is 0 Å². The Labute approximate surface area is 139 Å². The van der Waals surface area contributed by atoms with Crippen molar-refractivity contribution in [3.63, 3.8) is 0 Å². The lowest BCUT2D eigenvalue weighted by atomic mass is 10.1. The fraction of sp³-hybridized carbons (Fsp3) is 0.188. The third kappa shape index (κ3) is 3.72. The maximum Gasteiger partial charge on any atom is 0.240 e. The summed E-state index contributed by atoms with van der Waals surface area (Å²) in [4.78, 5) is 7.69. The van der Waals surface area contributed by atoms with Crippen molar-refractivity contribution >= 4 is 32.7 Å². The number of aromatic nitrogens is 2. The Morgan fingerprint density at radius 1 is 1.22 bits per heavy atom. The number of halogens is 1. The van der Waals surface area contributed by atoms with Crippen LogP contribution in [0.2, 0.25) is 5.02 Å². The number of nitrogens with zero attached hydrogens (tertiary/aromatic N) is 1. The van der Waals surface area contributed by atoms with E-state index in [1.165, 1.54) is 12.1 Å². The summed E-state index contributed by atoms with van der Waals surface area (Å²) in [6, 6.07) is 12.1. The average molecular weight is 350 g/mol. The number of rotatable bonds is 5. The molecule has 2 aromatic carbocycles. The van der Waals surface area contributed by atoms with Gasteiger partial charge in [-0.3, -0.25) is 0 Å². The summed E-state index contributed by atoms with van der Waals surface area (Å²) >= 11 is 5.84. The zero-order valence-electron chi connectivity index (χ0n) is 12.5. The number of fused-ring (bicyclic) bond motifs is 1. The smallest absolute Gasteiger partial charge is 0.240 e. The summed E-state index contributed by atoms with van der Waals surface area (Å²) in [5.74, 6) is 0.860. The summed E-state index contributed by atoms with van der Waals surface area (Å²) in [5.41, 5.74) is 2.90. The van der Waals surface area contributed by atoms with Crippen molar-refractivity contribution in [2.45, 2.75) is 18.2 Å². The molecule has 0 saturated carbocycles. The highest BCUT2D eigenvalue weighted by molar-refractivity contribution is 7.89. The van der Waals surface area contributed by atoms with E-state index in [2.05, 4.69) is 14.7 Å². The second kappa shape index (κ2) is 6.31. The average Bonchev–Trinajstić information content (AvgIpc) is 2.86. The van der Waals surface area contributed by atoms with Gasteiger partial charge in [-0.1, -0.05) is 23.7 Å². The Kier molecular flexibility index (Phi) is 4.39. The molecule has 0 unspecified atom stereocenters. The van der Waals surface area contributed by atoms with Gasteiger partial charge in [0.05, 0.1) is 15.9 Å². The van der Waals surface area contributed by atoms with Gasteiger partial charge in [0, 0.05) is 11.6 Å². The van der Waals surface area contributed by atoms with E-state index in [0.717, 1.165) is 22.4 Å².